The lowest BCUT2D eigenvalue weighted by molar-refractivity contribution is -0.142. The average Bonchev–Trinajstić information content (AvgIpc) is 3.31. The summed E-state index contributed by atoms with van der Waals surface area (Å²) in [6.07, 6.45) is 2.39. The molecule has 0 bridgehead atoms. The fourth-order valence-electron chi connectivity index (χ4n) is 4.69. The van der Waals surface area contributed by atoms with Crippen LogP contribution in [0.4, 0.5) is 0 Å². The van der Waals surface area contributed by atoms with Gasteiger partial charge >= 0.3 is 17.9 Å². The van der Waals surface area contributed by atoms with E-state index in [-0.39, 0.29) is 28.7 Å². The molecule has 6 nitrogen and oxygen atoms in total. The first-order valence-corrected chi connectivity index (χ1v) is 12.9. The molecule has 1 atom stereocenters. The van der Waals surface area contributed by atoms with Gasteiger partial charge in [-0.05, 0) is 84.3 Å². The van der Waals surface area contributed by atoms with E-state index in [1.165, 1.54) is 17.2 Å². The van der Waals surface area contributed by atoms with Crippen LogP contribution < -0.4 is 9.47 Å². The maximum atomic E-state index is 12.3. The maximum absolute atomic E-state index is 12.3. The normalized spacial score (nSPS) is 13.7. The van der Waals surface area contributed by atoms with Crippen LogP contribution in [0.3, 0.4) is 0 Å². The molecule has 4 rings (SSSR count). The van der Waals surface area contributed by atoms with Crippen molar-refractivity contribution >= 4 is 17.9 Å². The molecule has 0 spiro atoms. The van der Waals surface area contributed by atoms with Crippen molar-refractivity contribution in [3.05, 3.63) is 108 Å². The molecule has 0 aliphatic heterocycles. The SMILES string of the molecule is C=CC(=O)OC1Cc2ccc(-c3cc(C)c(-c4ccc(OC(=O)C(=C)C)c(OC(=O)C(=C)C)c4)cc3C)cc2C1. The predicted octanol–water partition coefficient (Wildman–Crippen LogP) is 6.80. The van der Waals surface area contributed by atoms with Gasteiger partial charge < -0.3 is 14.2 Å². The summed E-state index contributed by atoms with van der Waals surface area (Å²) in [7, 11) is 0. The van der Waals surface area contributed by atoms with E-state index in [4.69, 9.17) is 14.2 Å². The molecule has 40 heavy (non-hydrogen) atoms. The third kappa shape index (κ3) is 6.12. The van der Waals surface area contributed by atoms with E-state index >= 15 is 0 Å². The van der Waals surface area contributed by atoms with E-state index in [0.717, 1.165) is 33.4 Å². The van der Waals surface area contributed by atoms with Gasteiger partial charge in [0.05, 0.1) is 0 Å². The van der Waals surface area contributed by atoms with Gasteiger partial charge in [-0.25, -0.2) is 14.4 Å². The van der Waals surface area contributed by atoms with Crippen LogP contribution in [-0.2, 0) is 32.0 Å². The standard InChI is InChI=1S/C34H32O6/c1-8-32(35)38-27-16-23-9-10-24(15-26(23)17-27)28-13-22(7)29(14-21(28)6)25-11-12-30(39-33(36)19(2)3)31(18-25)40-34(37)20(4)5/h8-15,18,27H,1-2,4,16-17H2,3,5-7H3. The van der Waals surface area contributed by atoms with Crippen LogP contribution in [0.25, 0.3) is 22.3 Å². The second-order valence-electron chi connectivity index (χ2n) is 10.1. The summed E-state index contributed by atoms with van der Waals surface area (Å²) in [5.74, 6) is -1.40. The van der Waals surface area contributed by atoms with Gasteiger partial charge in [0, 0.05) is 30.1 Å². The van der Waals surface area contributed by atoms with Crippen LogP contribution in [0, 0.1) is 13.8 Å². The molecular weight excluding hydrogens is 504 g/mol. The molecule has 1 unspecified atom stereocenters. The summed E-state index contributed by atoms with van der Waals surface area (Å²) in [5.41, 5.74) is 8.80. The Labute approximate surface area is 234 Å². The van der Waals surface area contributed by atoms with Gasteiger partial charge in [0.1, 0.15) is 6.10 Å². The third-order valence-corrected chi connectivity index (χ3v) is 6.79. The number of esters is 3. The number of benzene rings is 3. The highest BCUT2D eigenvalue weighted by Gasteiger charge is 2.25. The Bertz CT molecular complexity index is 1580. The van der Waals surface area contributed by atoms with E-state index in [1.807, 2.05) is 19.9 Å². The van der Waals surface area contributed by atoms with Crippen LogP contribution >= 0.6 is 0 Å². The molecular formula is C34H32O6. The van der Waals surface area contributed by atoms with Gasteiger partial charge in [-0.3, -0.25) is 0 Å². The number of rotatable bonds is 8. The lowest BCUT2D eigenvalue weighted by Crippen LogP contribution is -2.16. The molecule has 0 aromatic heterocycles. The molecule has 6 heteroatoms. The number of carbonyl (C=O) groups is 3. The zero-order chi connectivity index (χ0) is 29.1. The molecule has 1 aliphatic carbocycles. The Balaban J connectivity index is 1.67. The topological polar surface area (TPSA) is 78.9 Å². The van der Waals surface area contributed by atoms with Gasteiger partial charge in [-0.2, -0.15) is 0 Å². The minimum Gasteiger partial charge on any atom is -0.459 e. The quantitative estimate of drug-likeness (QED) is 0.179. The number of hydrogen-bond acceptors (Lipinski definition) is 6. The molecule has 0 saturated carbocycles. The lowest BCUT2D eigenvalue weighted by atomic mass is 9.91. The van der Waals surface area contributed by atoms with Crippen molar-refractivity contribution in [2.45, 2.75) is 46.6 Å². The first-order valence-electron chi connectivity index (χ1n) is 12.9. The Morgan fingerprint density at radius 3 is 1.85 bits per heavy atom. The molecule has 204 valence electrons. The summed E-state index contributed by atoms with van der Waals surface area (Å²) < 4.78 is 16.4. The van der Waals surface area contributed by atoms with Gasteiger partial charge in [-0.1, -0.05) is 56.1 Å². The van der Waals surface area contributed by atoms with Crippen molar-refractivity contribution < 1.29 is 28.6 Å². The first-order chi connectivity index (χ1) is 19.0. The Morgan fingerprint density at radius 2 is 1.27 bits per heavy atom. The number of hydrogen-bond donors (Lipinski definition) is 0. The molecule has 1 aliphatic rings. The van der Waals surface area contributed by atoms with Gasteiger partial charge in [0.25, 0.3) is 0 Å². The molecule has 0 fully saturated rings. The summed E-state index contributed by atoms with van der Waals surface area (Å²) >= 11 is 0. The maximum Gasteiger partial charge on any atom is 0.338 e. The monoisotopic (exact) mass is 536 g/mol. The Hall–Kier alpha value is -4.71. The van der Waals surface area contributed by atoms with Crippen molar-refractivity contribution in [3.8, 4) is 33.8 Å². The summed E-state index contributed by atoms with van der Waals surface area (Å²) in [4.78, 5) is 36.1. The zero-order valence-electron chi connectivity index (χ0n) is 23.3. The Kier molecular flexibility index (Phi) is 8.19. The second-order valence-corrected chi connectivity index (χ2v) is 10.1. The van der Waals surface area contributed by atoms with Gasteiger partial charge in [0.2, 0.25) is 0 Å². The average molecular weight is 537 g/mol. The largest absolute Gasteiger partial charge is 0.459 e. The molecule has 3 aromatic carbocycles. The highest BCUT2D eigenvalue weighted by atomic mass is 16.6. The molecule has 0 saturated heterocycles. The van der Waals surface area contributed by atoms with Gasteiger partial charge in [-0.15, -0.1) is 0 Å². The van der Waals surface area contributed by atoms with E-state index < -0.39 is 17.9 Å². The van der Waals surface area contributed by atoms with E-state index in [1.54, 1.807) is 26.0 Å². The summed E-state index contributed by atoms with van der Waals surface area (Å²) in [5, 5.41) is 0. The molecule has 3 aromatic rings. The Morgan fingerprint density at radius 1 is 0.750 bits per heavy atom. The van der Waals surface area contributed by atoms with Crippen molar-refractivity contribution in [3.63, 3.8) is 0 Å². The minimum atomic E-state index is -0.619. The fourth-order valence-corrected chi connectivity index (χ4v) is 4.69. The van der Waals surface area contributed by atoms with Crippen molar-refractivity contribution in [1.82, 2.24) is 0 Å². The summed E-state index contributed by atoms with van der Waals surface area (Å²) in [6.45, 7) is 17.9. The van der Waals surface area contributed by atoms with Crippen molar-refractivity contribution in [2.75, 3.05) is 0 Å². The van der Waals surface area contributed by atoms with Gasteiger partial charge in [0.15, 0.2) is 11.5 Å². The first kappa shape index (κ1) is 28.3. The van der Waals surface area contributed by atoms with Crippen LogP contribution in [0.2, 0.25) is 0 Å². The van der Waals surface area contributed by atoms with Crippen LogP contribution in [0.5, 0.6) is 11.5 Å². The molecule has 0 N–H and O–H groups in total. The number of carbonyl (C=O) groups excluding carboxylic acids is 3. The van der Waals surface area contributed by atoms with Crippen molar-refractivity contribution in [2.24, 2.45) is 0 Å². The van der Waals surface area contributed by atoms with E-state index in [0.29, 0.717) is 12.8 Å². The van der Waals surface area contributed by atoms with E-state index in [9.17, 15) is 14.4 Å². The zero-order valence-corrected chi connectivity index (χ0v) is 23.3. The van der Waals surface area contributed by atoms with Crippen molar-refractivity contribution in [1.29, 1.82) is 0 Å². The number of fused-ring (bicyclic) bond motifs is 1. The number of ether oxygens (including phenoxy) is 3. The number of aryl methyl sites for hydroxylation is 2. The minimum absolute atomic E-state index is 0.117. The molecule has 0 amide bonds. The van der Waals surface area contributed by atoms with Crippen LogP contribution in [0.15, 0.2) is 85.5 Å². The molecule has 0 heterocycles. The van der Waals surface area contributed by atoms with E-state index in [2.05, 4.69) is 50.1 Å². The molecule has 0 radical (unpaired) electrons. The smallest absolute Gasteiger partial charge is 0.338 e. The predicted molar refractivity (Wildman–Crippen MR) is 155 cm³/mol. The highest BCUT2D eigenvalue weighted by Crippen LogP contribution is 2.38. The second kappa shape index (κ2) is 11.6. The van der Waals surface area contributed by atoms with Crippen LogP contribution in [-0.4, -0.2) is 24.0 Å². The lowest BCUT2D eigenvalue weighted by Gasteiger charge is -2.16. The van der Waals surface area contributed by atoms with Crippen LogP contribution in [0.1, 0.15) is 36.1 Å². The third-order valence-electron chi connectivity index (χ3n) is 6.79. The highest BCUT2D eigenvalue weighted by molar-refractivity contribution is 5.91. The fraction of sp³-hybridized carbons (Fsp3) is 0.206. The summed E-state index contributed by atoms with van der Waals surface area (Å²) in [6, 6.07) is 15.7.